The van der Waals surface area contributed by atoms with Crippen molar-refractivity contribution in [3.05, 3.63) is 53.4 Å². The zero-order valence-electron chi connectivity index (χ0n) is 16.3. The SMILES string of the molecule is CC(C)c1cc(C(=O)N2CC[C@H]3[C@@H](CCCN3Cc3ccccc3)C2)no1. The molecule has 1 aromatic heterocycles. The van der Waals surface area contributed by atoms with Crippen LogP contribution in [-0.2, 0) is 6.54 Å². The highest BCUT2D eigenvalue weighted by atomic mass is 16.5. The molecule has 0 radical (unpaired) electrons. The third-order valence-electron chi connectivity index (χ3n) is 6.02. The number of carbonyl (C=O) groups is 1. The molecule has 5 heteroatoms. The lowest BCUT2D eigenvalue weighted by molar-refractivity contribution is 0.0170. The predicted octanol–water partition coefficient (Wildman–Crippen LogP) is 3.92. The molecule has 2 atom stereocenters. The fraction of sp³-hybridized carbons (Fsp3) is 0.545. The second-order valence-corrected chi connectivity index (χ2v) is 8.23. The minimum atomic E-state index is 0.0179. The Morgan fingerprint density at radius 3 is 2.78 bits per heavy atom. The van der Waals surface area contributed by atoms with Gasteiger partial charge in [-0.25, -0.2) is 0 Å². The van der Waals surface area contributed by atoms with Gasteiger partial charge in [0.15, 0.2) is 5.69 Å². The van der Waals surface area contributed by atoms with Crippen LogP contribution in [0.25, 0.3) is 0 Å². The van der Waals surface area contributed by atoms with Crippen molar-refractivity contribution < 1.29 is 9.32 Å². The van der Waals surface area contributed by atoms with Crippen LogP contribution in [0.2, 0.25) is 0 Å². The first kappa shape index (κ1) is 18.2. The minimum Gasteiger partial charge on any atom is -0.360 e. The molecule has 2 aliphatic heterocycles. The second-order valence-electron chi connectivity index (χ2n) is 8.23. The third kappa shape index (κ3) is 3.93. The van der Waals surface area contributed by atoms with E-state index >= 15 is 0 Å². The van der Waals surface area contributed by atoms with E-state index in [1.54, 1.807) is 0 Å². The molecule has 2 aliphatic rings. The first-order valence-corrected chi connectivity index (χ1v) is 10.2. The summed E-state index contributed by atoms with van der Waals surface area (Å²) in [6.07, 6.45) is 3.45. The molecule has 1 aromatic carbocycles. The number of nitrogens with zero attached hydrogens (tertiary/aromatic N) is 3. The number of carbonyl (C=O) groups excluding carboxylic acids is 1. The standard InChI is InChI=1S/C22H29N3O2/c1-16(2)21-13-19(23-27-21)22(26)25-12-10-20-18(15-25)9-6-11-24(20)14-17-7-4-3-5-8-17/h3-5,7-8,13,16,18,20H,6,9-12,14-15H2,1-2H3/t18-,20-/m0/s1. The second kappa shape index (κ2) is 7.85. The average Bonchev–Trinajstić information content (AvgIpc) is 3.19. The summed E-state index contributed by atoms with van der Waals surface area (Å²) in [4.78, 5) is 17.5. The number of benzene rings is 1. The van der Waals surface area contributed by atoms with E-state index in [0.717, 1.165) is 38.4 Å². The molecule has 2 aromatic rings. The maximum absolute atomic E-state index is 12.9. The monoisotopic (exact) mass is 367 g/mol. The molecule has 3 heterocycles. The van der Waals surface area contributed by atoms with Crippen LogP contribution in [0, 0.1) is 5.92 Å². The summed E-state index contributed by atoms with van der Waals surface area (Å²) >= 11 is 0. The maximum Gasteiger partial charge on any atom is 0.276 e. The summed E-state index contributed by atoms with van der Waals surface area (Å²) in [5.74, 6) is 1.59. The Morgan fingerprint density at radius 2 is 2.04 bits per heavy atom. The van der Waals surface area contributed by atoms with Crippen LogP contribution in [-0.4, -0.2) is 46.5 Å². The first-order chi connectivity index (χ1) is 13.1. The third-order valence-corrected chi connectivity index (χ3v) is 6.02. The van der Waals surface area contributed by atoms with Gasteiger partial charge in [0.25, 0.3) is 5.91 Å². The topological polar surface area (TPSA) is 49.6 Å². The number of fused-ring (bicyclic) bond motifs is 1. The van der Waals surface area contributed by atoms with Crippen molar-refractivity contribution in [2.45, 2.75) is 51.6 Å². The zero-order valence-corrected chi connectivity index (χ0v) is 16.3. The Bertz CT molecular complexity index is 771. The van der Waals surface area contributed by atoms with E-state index in [2.05, 4.69) is 40.4 Å². The highest BCUT2D eigenvalue weighted by Crippen LogP contribution is 2.32. The van der Waals surface area contributed by atoms with Gasteiger partial charge in [-0.15, -0.1) is 0 Å². The molecule has 5 nitrogen and oxygen atoms in total. The van der Waals surface area contributed by atoms with Crippen LogP contribution in [0.5, 0.6) is 0 Å². The molecule has 0 bridgehead atoms. The van der Waals surface area contributed by atoms with Crippen LogP contribution in [0.15, 0.2) is 40.9 Å². The molecule has 0 aliphatic carbocycles. The Labute approximate surface area is 161 Å². The van der Waals surface area contributed by atoms with Crippen molar-refractivity contribution >= 4 is 5.91 Å². The predicted molar refractivity (Wildman–Crippen MR) is 104 cm³/mol. The largest absolute Gasteiger partial charge is 0.360 e. The normalized spacial score (nSPS) is 23.4. The van der Waals surface area contributed by atoms with Crippen LogP contribution < -0.4 is 0 Å². The van der Waals surface area contributed by atoms with Gasteiger partial charge in [0, 0.05) is 37.7 Å². The quantitative estimate of drug-likeness (QED) is 0.822. The summed E-state index contributed by atoms with van der Waals surface area (Å²) < 4.78 is 5.32. The van der Waals surface area contributed by atoms with Crippen LogP contribution in [0.3, 0.4) is 0 Å². The molecular formula is C22H29N3O2. The van der Waals surface area contributed by atoms with Gasteiger partial charge < -0.3 is 9.42 Å². The van der Waals surface area contributed by atoms with Crippen molar-refractivity contribution in [2.24, 2.45) is 5.92 Å². The van der Waals surface area contributed by atoms with Crippen molar-refractivity contribution in [2.75, 3.05) is 19.6 Å². The Balaban J connectivity index is 1.41. The molecule has 1 amide bonds. The van der Waals surface area contributed by atoms with Gasteiger partial charge in [0.05, 0.1) is 0 Å². The van der Waals surface area contributed by atoms with E-state index in [1.165, 1.54) is 18.4 Å². The zero-order chi connectivity index (χ0) is 18.8. The number of amides is 1. The highest BCUT2D eigenvalue weighted by molar-refractivity contribution is 5.92. The molecule has 2 saturated heterocycles. The van der Waals surface area contributed by atoms with Crippen LogP contribution in [0.1, 0.15) is 60.8 Å². The summed E-state index contributed by atoms with van der Waals surface area (Å²) in [5, 5.41) is 4.01. The van der Waals surface area contributed by atoms with E-state index in [1.807, 2.05) is 24.8 Å². The summed E-state index contributed by atoms with van der Waals surface area (Å²) in [7, 11) is 0. The van der Waals surface area contributed by atoms with Gasteiger partial charge in [0.1, 0.15) is 5.76 Å². The molecule has 2 fully saturated rings. The van der Waals surface area contributed by atoms with Crippen molar-refractivity contribution in [3.63, 3.8) is 0 Å². The van der Waals surface area contributed by atoms with Gasteiger partial charge in [-0.3, -0.25) is 9.69 Å². The molecule has 27 heavy (non-hydrogen) atoms. The van der Waals surface area contributed by atoms with Crippen LogP contribution in [0.4, 0.5) is 0 Å². The molecule has 0 N–H and O–H groups in total. The molecule has 0 saturated carbocycles. The number of likely N-dealkylation sites (tertiary alicyclic amines) is 2. The lowest BCUT2D eigenvalue weighted by Crippen LogP contribution is -2.54. The van der Waals surface area contributed by atoms with E-state index in [0.29, 0.717) is 17.7 Å². The van der Waals surface area contributed by atoms with E-state index in [9.17, 15) is 4.79 Å². The average molecular weight is 367 g/mol. The van der Waals surface area contributed by atoms with Gasteiger partial charge in [-0.1, -0.05) is 49.3 Å². The van der Waals surface area contributed by atoms with E-state index in [4.69, 9.17) is 4.52 Å². The van der Waals surface area contributed by atoms with Gasteiger partial charge in [0.2, 0.25) is 0 Å². The Morgan fingerprint density at radius 1 is 1.22 bits per heavy atom. The lowest BCUT2D eigenvalue weighted by atomic mass is 9.83. The summed E-state index contributed by atoms with van der Waals surface area (Å²) in [6.45, 7) is 7.89. The van der Waals surface area contributed by atoms with Crippen molar-refractivity contribution in [3.8, 4) is 0 Å². The maximum atomic E-state index is 12.9. The lowest BCUT2D eigenvalue weighted by Gasteiger charge is -2.47. The van der Waals surface area contributed by atoms with Crippen molar-refractivity contribution in [1.29, 1.82) is 0 Å². The first-order valence-electron chi connectivity index (χ1n) is 10.2. The van der Waals surface area contributed by atoms with Gasteiger partial charge in [-0.2, -0.15) is 0 Å². The molecule has 4 rings (SSSR count). The highest BCUT2D eigenvalue weighted by Gasteiger charge is 2.37. The minimum absolute atomic E-state index is 0.0179. The van der Waals surface area contributed by atoms with E-state index < -0.39 is 0 Å². The number of hydrogen-bond acceptors (Lipinski definition) is 4. The molecule has 0 spiro atoms. The molecule has 0 unspecified atom stereocenters. The smallest absolute Gasteiger partial charge is 0.276 e. The number of aromatic nitrogens is 1. The summed E-state index contributed by atoms with van der Waals surface area (Å²) in [5.41, 5.74) is 1.83. The fourth-order valence-electron chi connectivity index (χ4n) is 4.53. The number of hydrogen-bond donors (Lipinski definition) is 0. The Hall–Kier alpha value is -2.14. The van der Waals surface area contributed by atoms with Gasteiger partial charge >= 0.3 is 0 Å². The van der Waals surface area contributed by atoms with Gasteiger partial charge in [-0.05, 0) is 37.3 Å². The molecule has 144 valence electrons. The van der Waals surface area contributed by atoms with E-state index in [-0.39, 0.29) is 11.8 Å². The Kier molecular flexibility index (Phi) is 5.30. The number of piperidine rings is 2. The molecular weight excluding hydrogens is 338 g/mol. The number of rotatable bonds is 4. The summed E-state index contributed by atoms with van der Waals surface area (Å²) in [6, 6.07) is 13.1. The van der Waals surface area contributed by atoms with Crippen molar-refractivity contribution in [1.82, 2.24) is 15.0 Å². The van der Waals surface area contributed by atoms with Crippen LogP contribution >= 0.6 is 0 Å². The fourth-order valence-corrected chi connectivity index (χ4v) is 4.53.